The van der Waals surface area contributed by atoms with Crippen LogP contribution >= 0.6 is 0 Å². The first-order valence-corrected chi connectivity index (χ1v) is 9.77. The maximum Gasteiger partial charge on any atom is 0.261 e. The van der Waals surface area contributed by atoms with Crippen LogP contribution < -0.4 is 16.4 Å². The number of carbonyl (C=O) groups is 1. The molecule has 7 heteroatoms. The van der Waals surface area contributed by atoms with Gasteiger partial charge in [0.2, 0.25) is 0 Å². The number of hydrogen-bond donors (Lipinski definition) is 3. The monoisotopic (exact) mass is 384 g/mol. The summed E-state index contributed by atoms with van der Waals surface area (Å²) in [5, 5.41) is 0. The lowest BCUT2D eigenvalue weighted by atomic mass is 9.93. The molecule has 1 aliphatic heterocycles. The lowest BCUT2D eigenvalue weighted by Crippen LogP contribution is -2.37. The van der Waals surface area contributed by atoms with E-state index in [0.717, 1.165) is 42.5 Å². The summed E-state index contributed by atoms with van der Waals surface area (Å²) in [5.41, 5.74) is 9.23. The summed E-state index contributed by atoms with van der Waals surface area (Å²) in [6.07, 6.45) is 3.93. The maximum atomic E-state index is 13.2. The number of aromatic amines is 1. The van der Waals surface area contributed by atoms with Gasteiger partial charge in [-0.25, -0.2) is 9.82 Å². The van der Waals surface area contributed by atoms with E-state index in [1.165, 1.54) is 12.1 Å². The molecule has 28 heavy (non-hydrogen) atoms. The first kappa shape index (κ1) is 18.8. The first-order valence-electron chi connectivity index (χ1n) is 9.77. The quantitative estimate of drug-likeness (QED) is 0.753. The van der Waals surface area contributed by atoms with Crippen LogP contribution in [0.25, 0.3) is 0 Å². The number of carbonyl (C=O) groups excluding carboxylic acids is 1. The summed E-state index contributed by atoms with van der Waals surface area (Å²) < 4.78 is 13.2. The molecule has 2 aromatic rings. The largest absolute Gasteiger partial charge is 0.341 e. The van der Waals surface area contributed by atoms with Gasteiger partial charge in [-0.3, -0.25) is 15.0 Å². The number of rotatable bonds is 4. The molecule has 1 aromatic carbocycles. The Balaban J connectivity index is 1.50. The van der Waals surface area contributed by atoms with Crippen LogP contribution in [0.5, 0.6) is 0 Å². The van der Waals surface area contributed by atoms with Gasteiger partial charge in [0.15, 0.2) is 0 Å². The van der Waals surface area contributed by atoms with Crippen molar-refractivity contribution in [2.45, 2.75) is 31.7 Å². The third kappa shape index (κ3) is 3.72. The summed E-state index contributed by atoms with van der Waals surface area (Å²) in [7, 11) is 1.72. The van der Waals surface area contributed by atoms with E-state index >= 15 is 0 Å². The molecule has 0 radical (unpaired) electrons. The minimum Gasteiger partial charge on any atom is -0.341 e. The van der Waals surface area contributed by atoms with E-state index in [-0.39, 0.29) is 34.8 Å². The number of aryl methyl sites for hydroxylation is 2. The zero-order valence-electron chi connectivity index (χ0n) is 15.9. The molecule has 2 atom stereocenters. The van der Waals surface area contributed by atoms with Crippen LogP contribution in [0.4, 0.5) is 4.39 Å². The molecule has 4 rings (SSSR count). The topological polar surface area (TPSA) is 77.2 Å². The molecule has 1 amide bonds. The van der Waals surface area contributed by atoms with Crippen molar-refractivity contribution in [3.63, 3.8) is 0 Å². The maximum absolute atomic E-state index is 13.2. The molecule has 2 heterocycles. The summed E-state index contributed by atoms with van der Waals surface area (Å²) in [4.78, 5) is 29.9. The van der Waals surface area contributed by atoms with Crippen molar-refractivity contribution >= 4 is 5.91 Å². The predicted molar refractivity (Wildman–Crippen MR) is 104 cm³/mol. The Kier molecular flexibility index (Phi) is 5.28. The van der Waals surface area contributed by atoms with Crippen molar-refractivity contribution in [3.8, 4) is 0 Å². The third-order valence-electron chi connectivity index (χ3n) is 5.75. The highest BCUT2D eigenvalue weighted by Crippen LogP contribution is 2.26. The zero-order valence-corrected chi connectivity index (χ0v) is 15.9. The van der Waals surface area contributed by atoms with Crippen LogP contribution in [0.3, 0.4) is 0 Å². The van der Waals surface area contributed by atoms with E-state index in [2.05, 4.69) is 15.8 Å². The standard InChI is InChI=1S/C21H25FN4O2/c1-26(12-15-11-23-25-19(15)13-6-8-16(22)9-7-13)21(28)17-10-14-4-2-3-5-18(14)24-20(17)27/h6-10,15,19,23,25H,2-5,11-12H2,1H3,(H,24,27). The Bertz CT molecular complexity index is 925. The van der Waals surface area contributed by atoms with Crippen LogP contribution in [-0.2, 0) is 12.8 Å². The Hall–Kier alpha value is -2.51. The smallest absolute Gasteiger partial charge is 0.261 e. The van der Waals surface area contributed by atoms with Gasteiger partial charge in [0.1, 0.15) is 11.4 Å². The Labute approximate surface area is 163 Å². The highest BCUT2D eigenvalue weighted by molar-refractivity contribution is 5.94. The average molecular weight is 384 g/mol. The van der Waals surface area contributed by atoms with Crippen LogP contribution in [0.15, 0.2) is 35.1 Å². The van der Waals surface area contributed by atoms with Crippen LogP contribution in [0.2, 0.25) is 0 Å². The summed E-state index contributed by atoms with van der Waals surface area (Å²) in [6, 6.07) is 8.13. The van der Waals surface area contributed by atoms with Gasteiger partial charge in [0.25, 0.3) is 11.5 Å². The fourth-order valence-corrected chi connectivity index (χ4v) is 4.21. The van der Waals surface area contributed by atoms with Crippen LogP contribution in [-0.4, -0.2) is 35.9 Å². The lowest BCUT2D eigenvalue weighted by Gasteiger charge is -2.25. The van der Waals surface area contributed by atoms with Gasteiger partial charge in [0.05, 0.1) is 6.04 Å². The van der Waals surface area contributed by atoms with Gasteiger partial charge < -0.3 is 9.88 Å². The summed E-state index contributed by atoms with van der Waals surface area (Å²) >= 11 is 0. The van der Waals surface area contributed by atoms with Gasteiger partial charge >= 0.3 is 0 Å². The number of fused-ring (bicyclic) bond motifs is 1. The fourth-order valence-electron chi connectivity index (χ4n) is 4.21. The molecular formula is C21H25FN4O2. The number of nitrogens with one attached hydrogen (secondary N) is 3. The van der Waals surface area contributed by atoms with E-state index < -0.39 is 0 Å². The van der Waals surface area contributed by atoms with E-state index in [1.54, 1.807) is 30.1 Å². The van der Waals surface area contributed by atoms with Crippen molar-refractivity contribution in [2.75, 3.05) is 20.1 Å². The van der Waals surface area contributed by atoms with E-state index in [4.69, 9.17) is 0 Å². The number of pyridine rings is 1. The predicted octanol–water partition coefficient (Wildman–Crippen LogP) is 1.93. The molecule has 1 fully saturated rings. The molecule has 1 aliphatic carbocycles. The molecule has 0 saturated carbocycles. The molecule has 6 nitrogen and oxygen atoms in total. The minimum atomic E-state index is -0.310. The van der Waals surface area contributed by atoms with Crippen LogP contribution in [0.1, 0.15) is 46.1 Å². The second-order valence-electron chi connectivity index (χ2n) is 7.72. The Morgan fingerprint density at radius 1 is 1.21 bits per heavy atom. The number of H-pyrrole nitrogens is 1. The van der Waals surface area contributed by atoms with Gasteiger partial charge in [-0.1, -0.05) is 12.1 Å². The Morgan fingerprint density at radius 2 is 1.96 bits per heavy atom. The number of benzene rings is 1. The summed E-state index contributed by atoms with van der Waals surface area (Å²) in [6.45, 7) is 1.16. The number of amides is 1. The molecule has 148 valence electrons. The molecule has 3 N–H and O–H groups in total. The molecule has 2 unspecified atom stereocenters. The highest BCUT2D eigenvalue weighted by atomic mass is 19.1. The number of hydrazine groups is 1. The van der Waals surface area contributed by atoms with Gasteiger partial charge in [-0.15, -0.1) is 0 Å². The number of nitrogens with zero attached hydrogens (tertiary/aromatic N) is 1. The normalized spacial score (nSPS) is 21.4. The molecule has 2 aliphatic rings. The van der Waals surface area contributed by atoms with E-state index in [1.807, 2.05) is 0 Å². The second kappa shape index (κ2) is 7.85. The highest BCUT2D eigenvalue weighted by Gasteiger charge is 2.31. The molecule has 1 saturated heterocycles. The molecular weight excluding hydrogens is 359 g/mol. The average Bonchev–Trinajstić information content (AvgIpc) is 3.15. The van der Waals surface area contributed by atoms with Crippen molar-refractivity contribution < 1.29 is 9.18 Å². The number of hydrogen-bond acceptors (Lipinski definition) is 4. The van der Waals surface area contributed by atoms with Gasteiger partial charge in [-0.05, 0) is 55.0 Å². The van der Waals surface area contributed by atoms with Crippen LogP contribution in [0, 0.1) is 11.7 Å². The molecule has 1 aromatic heterocycles. The van der Waals surface area contributed by atoms with Crippen molar-refractivity contribution in [1.82, 2.24) is 20.7 Å². The van der Waals surface area contributed by atoms with Gasteiger partial charge in [0, 0.05) is 31.7 Å². The third-order valence-corrected chi connectivity index (χ3v) is 5.75. The molecule has 0 spiro atoms. The van der Waals surface area contributed by atoms with Crippen molar-refractivity contribution in [2.24, 2.45) is 5.92 Å². The zero-order chi connectivity index (χ0) is 19.7. The van der Waals surface area contributed by atoms with E-state index in [0.29, 0.717) is 13.1 Å². The SMILES string of the molecule is CN(CC1CNNC1c1ccc(F)cc1)C(=O)c1cc2c([nH]c1=O)CCCC2. The second-order valence-corrected chi connectivity index (χ2v) is 7.72. The van der Waals surface area contributed by atoms with E-state index in [9.17, 15) is 14.0 Å². The van der Waals surface area contributed by atoms with Crippen molar-refractivity contribution in [3.05, 3.63) is 68.9 Å². The Morgan fingerprint density at radius 3 is 2.75 bits per heavy atom. The first-order chi connectivity index (χ1) is 13.5. The lowest BCUT2D eigenvalue weighted by molar-refractivity contribution is 0.0769. The van der Waals surface area contributed by atoms with Gasteiger partial charge in [-0.2, -0.15) is 0 Å². The minimum absolute atomic E-state index is 0.0299. The van der Waals surface area contributed by atoms with Crippen molar-refractivity contribution in [1.29, 1.82) is 0 Å². The number of halogens is 1. The number of aromatic nitrogens is 1. The summed E-state index contributed by atoms with van der Waals surface area (Å²) in [5.74, 6) is -0.430. The molecule has 0 bridgehead atoms. The fraction of sp³-hybridized carbons (Fsp3) is 0.429.